The summed E-state index contributed by atoms with van der Waals surface area (Å²) in [6, 6.07) is 7.93. The molecular weight excluding hydrogens is 324 g/mol. The van der Waals surface area contributed by atoms with Crippen LogP contribution in [0, 0.1) is 11.3 Å². The van der Waals surface area contributed by atoms with Crippen molar-refractivity contribution in [2.24, 2.45) is 0 Å². The van der Waals surface area contributed by atoms with Gasteiger partial charge in [-0.05, 0) is 17.7 Å². The van der Waals surface area contributed by atoms with Gasteiger partial charge in [0.05, 0.1) is 11.6 Å². The number of alkyl halides is 1. The smallest absolute Gasteiger partial charge is 0.326 e. The number of aliphatic carboxylic acids is 1. The van der Waals surface area contributed by atoms with Crippen LogP contribution in [0.1, 0.15) is 17.5 Å². The molecule has 104 valence electrons. The molecule has 1 fully saturated rings. The van der Waals surface area contributed by atoms with Crippen LogP contribution >= 0.6 is 15.9 Å². The summed E-state index contributed by atoms with van der Waals surface area (Å²) in [5, 5.41) is 18.2. The maximum absolute atomic E-state index is 11.8. The Morgan fingerprint density at radius 2 is 2.35 bits per heavy atom. The van der Waals surface area contributed by atoms with E-state index in [1.54, 1.807) is 24.3 Å². The van der Waals surface area contributed by atoms with Gasteiger partial charge in [0.15, 0.2) is 0 Å². The zero-order valence-electron chi connectivity index (χ0n) is 10.6. The molecule has 0 radical (unpaired) electrons. The molecule has 0 saturated carbocycles. The highest BCUT2D eigenvalue weighted by atomic mass is 79.9. The third kappa shape index (κ3) is 3.17. The first-order valence-corrected chi connectivity index (χ1v) is 7.08. The number of carbonyl (C=O) groups is 2. The monoisotopic (exact) mass is 336 g/mol. The third-order valence-electron chi connectivity index (χ3n) is 3.26. The van der Waals surface area contributed by atoms with Crippen LogP contribution in [0.2, 0.25) is 0 Å². The fourth-order valence-corrected chi connectivity index (χ4v) is 2.90. The van der Waals surface area contributed by atoms with E-state index >= 15 is 0 Å². The van der Waals surface area contributed by atoms with Crippen LogP contribution in [-0.2, 0) is 16.0 Å². The first-order valence-electron chi connectivity index (χ1n) is 6.16. The van der Waals surface area contributed by atoms with Crippen molar-refractivity contribution in [3.8, 4) is 6.07 Å². The van der Waals surface area contributed by atoms with Gasteiger partial charge in [-0.2, -0.15) is 5.26 Å². The first-order chi connectivity index (χ1) is 9.51. The Morgan fingerprint density at radius 3 is 2.90 bits per heavy atom. The minimum atomic E-state index is -1.03. The molecule has 0 aromatic heterocycles. The molecule has 0 bridgehead atoms. The number of hydrogen-bond acceptors (Lipinski definition) is 3. The Balaban J connectivity index is 2.20. The van der Waals surface area contributed by atoms with Crippen molar-refractivity contribution in [1.29, 1.82) is 5.26 Å². The minimum absolute atomic E-state index is 0.00212. The van der Waals surface area contributed by atoms with Crippen molar-refractivity contribution in [2.45, 2.75) is 23.7 Å². The minimum Gasteiger partial charge on any atom is -0.480 e. The van der Waals surface area contributed by atoms with Crippen molar-refractivity contribution < 1.29 is 14.7 Å². The van der Waals surface area contributed by atoms with Crippen LogP contribution in [-0.4, -0.2) is 39.3 Å². The maximum Gasteiger partial charge on any atom is 0.326 e. The van der Waals surface area contributed by atoms with E-state index in [1.807, 2.05) is 6.07 Å². The lowest BCUT2D eigenvalue weighted by Crippen LogP contribution is -2.43. The van der Waals surface area contributed by atoms with E-state index < -0.39 is 12.0 Å². The fourth-order valence-electron chi connectivity index (χ4n) is 2.31. The molecule has 1 aliphatic heterocycles. The van der Waals surface area contributed by atoms with Gasteiger partial charge < -0.3 is 10.0 Å². The van der Waals surface area contributed by atoms with Gasteiger partial charge in [0.25, 0.3) is 0 Å². The van der Waals surface area contributed by atoms with Gasteiger partial charge in [-0.15, -0.1) is 0 Å². The second kappa shape index (κ2) is 6.06. The summed E-state index contributed by atoms with van der Waals surface area (Å²) >= 11 is 3.35. The molecule has 2 rings (SSSR count). The van der Waals surface area contributed by atoms with Crippen LogP contribution in [0.25, 0.3) is 0 Å². The van der Waals surface area contributed by atoms with Crippen LogP contribution in [0.4, 0.5) is 0 Å². The second-order valence-electron chi connectivity index (χ2n) is 4.72. The summed E-state index contributed by atoms with van der Waals surface area (Å²) in [6.07, 6.45) is 0.526. The Labute approximate surface area is 124 Å². The first kappa shape index (κ1) is 14.5. The van der Waals surface area contributed by atoms with Crippen molar-refractivity contribution in [3.05, 3.63) is 35.4 Å². The number of nitrogens with zero attached hydrogens (tertiary/aromatic N) is 2. The molecule has 1 saturated heterocycles. The summed E-state index contributed by atoms with van der Waals surface area (Å²) in [5.41, 5.74) is 1.22. The number of halogens is 1. The Kier molecular flexibility index (Phi) is 4.40. The van der Waals surface area contributed by atoms with E-state index in [1.165, 1.54) is 4.90 Å². The Bertz CT molecular complexity index is 582. The summed E-state index contributed by atoms with van der Waals surface area (Å²) in [7, 11) is 0. The summed E-state index contributed by atoms with van der Waals surface area (Å²) in [4.78, 5) is 24.6. The molecule has 1 N–H and O–H groups in total. The van der Waals surface area contributed by atoms with Crippen molar-refractivity contribution in [1.82, 2.24) is 4.90 Å². The van der Waals surface area contributed by atoms with Crippen LogP contribution in [0.3, 0.4) is 0 Å². The summed E-state index contributed by atoms with van der Waals surface area (Å²) in [6.45, 7) is 0.397. The molecule has 1 unspecified atom stereocenters. The highest BCUT2D eigenvalue weighted by Gasteiger charge is 2.36. The summed E-state index contributed by atoms with van der Waals surface area (Å²) in [5.74, 6) is -1.18. The average molecular weight is 337 g/mol. The maximum atomic E-state index is 11.8. The van der Waals surface area contributed by atoms with Crippen LogP contribution < -0.4 is 0 Å². The lowest BCUT2D eigenvalue weighted by atomic mass is 10.0. The van der Waals surface area contributed by atoms with Gasteiger partial charge in [0.2, 0.25) is 5.91 Å². The lowest BCUT2D eigenvalue weighted by Gasteiger charge is -2.24. The quantitative estimate of drug-likeness (QED) is 0.846. The number of nitriles is 1. The number of carboxylic acid groups (broad SMARTS) is 1. The van der Waals surface area contributed by atoms with E-state index in [2.05, 4.69) is 15.9 Å². The SMILES string of the molecule is N#Cc1cccc(C[C@@H](C(=O)O)N2CC(Br)CC2=O)c1. The van der Waals surface area contributed by atoms with E-state index in [4.69, 9.17) is 5.26 Å². The number of hydrogen-bond donors (Lipinski definition) is 1. The number of rotatable bonds is 4. The van der Waals surface area contributed by atoms with Crippen LogP contribution in [0.15, 0.2) is 24.3 Å². The molecule has 1 aromatic rings. The molecule has 1 aromatic carbocycles. The number of carboxylic acids is 1. The van der Waals surface area contributed by atoms with E-state index in [9.17, 15) is 14.7 Å². The lowest BCUT2D eigenvalue weighted by molar-refractivity contribution is -0.148. The largest absolute Gasteiger partial charge is 0.480 e. The predicted molar refractivity (Wildman–Crippen MR) is 75.3 cm³/mol. The standard InChI is InChI=1S/C14H13BrN2O3/c15-11-6-13(18)17(8-11)12(14(19)20)5-9-2-1-3-10(4-9)7-16/h1-4,11-12H,5-6,8H2,(H,19,20)/t11?,12-/m0/s1. The van der Waals surface area contributed by atoms with Crippen molar-refractivity contribution in [3.63, 3.8) is 0 Å². The zero-order valence-corrected chi connectivity index (χ0v) is 12.2. The molecule has 1 amide bonds. The van der Waals surface area contributed by atoms with Gasteiger partial charge in [-0.3, -0.25) is 4.79 Å². The average Bonchev–Trinajstić information content (AvgIpc) is 2.74. The van der Waals surface area contributed by atoms with E-state index in [-0.39, 0.29) is 17.2 Å². The predicted octanol–water partition coefficient (Wildman–Crippen LogP) is 1.55. The van der Waals surface area contributed by atoms with Crippen LogP contribution in [0.5, 0.6) is 0 Å². The topological polar surface area (TPSA) is 81.4 Å². The number of carbonyl (C=O) groups excluding carboxylic acids is 1. The molecule has 20 heavy (non-hydrogen) atoms. The fraction of sp³-hybridized carbons (Fsp3) is 0.357. The second-order valence-corrected chi connectivity index (χ2v) is 6.01. The molecular formula is C14H13BrN2O3. The number of benzene rings is 1. The highest BCUT2D eigenvalue weighted by Crippen LogP contribution is 2.22. The van der Waals surface area contributed by atoms with Gasteiger partial charge in [0, 0.05) is 24.2 Å². The molecule has 6 heteroatoms. The molecule has 1 aliphatic rings. The summed E-state index contributed by atoms with van der Waals surface area (Å²) < 4.78 is 0. The van der Waals surface area contributed by atoms with Gasteiger partial charge in [0.1, 0.15) is 6.04 Å². The van der Waals surface area contributed by atoms with Gasteiger partial charge in [-0.1, -0.05) is 28.1 Å². The normalized spacial score (nSPS) is 19.7. The molecule has 2 atom stereocenters. The highest BCUT2D eigenvalue weighted by molar-refractivity contribution is 9.09. The van der Waals surface area contributed by atoms with E-state index in [0.29, 0.717) is 18.5 Å². The Hall–Kier alpha value is -1.87. The number of likely N-dealkylation sites (tertiary alicyclic amines) is 1. The Morgan fingerprint density at radius 1 is 1.60 bits per heavy atom. The number of amides is 1. The van der Waals surface area contributed by atoms with E-state index in [0.717, 1.165) is 5.56 Å². The molecule has 5 nitrogen and oxygen atoms in total. The molecule has 0 spiro atoms. The molecule has 0 aliphatic carbocycles. The third-order valence-corrected chi connectivity index (χ3v) is 3.87. The molecule has 1 heterocycles. The van der Waals surface area contributed by atoms with Gasteiger partial charge >= 0.3 is 5.97 Å². The van der Waals surface area contributed by atoms with Gasteiger partial charge in [-0.25, -0.2) is 4.79 Å². The van der Waals surface area contributed by atoms with Crippen molar-refractivity contribution in [2.75, 3.05) is 6.54 Å². The van der Waals surface area contributed by atoms with Crippen molar-refractivity contribution >= 4 is 27.8 Å². The zero-order chi connectivity index (χ0) is 14.7.